The second-order valence-electron chi connectivity index (χ2n) is 15.3. The van der Waals surface area contributed by atoms with E-state index in [4.69, 9.17) is 4.43 Å². The summed E-state index contributed by atoms with van der Waals surface area (Å²) in [6.45, 7) is 19.8. The zero-order chi connectivity index (χ0) is 44.7. The number of aliphatic hydroxyl groups excluding tert-OH is 2. The normalized spacial score (nSPS) is 14.4. The predicted octanol–water partition coefficient (Wildman–Crippen LogP) is 13.3. The van der Waals surface area contributed by atoms with E-state index in [9.17, 15) is 37.0 Å². The van der Waals surface area contributed by atoms with Gasteiger partial charge in [0.1, 0.15) is 35.4 Å². The van der Waals surface area contributed by atoms with Crippen molar-refractivity contribution in [2.45, 2.75) is 97.2 Å². The number of nitrogens with one attached hydrogen (secondary N) is 1. The summed E-state index contributed by atoms with van der Waals surface area (Å²) in [5.74, 6) is -2.00. The van der Waals surface area contributed by atoms with Gasteiger partial charge in [-0.3, -0.25) is 4.79 Å². The van der Waals surface area contributed by atoms with E-state index in [0.29, 0.717) is 51.3 Å². The number of aliphatic hydroxyl groups is 2. The van der Waals surface area contributed by atoms with Gasteiger partial charge in [0.15, 0.2) is 8.32 Å². The van der Waals surface area contributed by atoms with Crippen LogP contribution in [-0.2, 0) is 4.43 Å². The average Bonchev–Trinajstić information content (AvgIpc) is 3.20. The van der Waals surface area contributed by atoms with Crippen LogP contribution in [0, 0.1) is 29.1 Å². The Bertz CT molecular complexity index is 1950. The highest BCUT2D eigenvalue weighted by molar-refractivity contribution is 9.11. The van der Waals surface area contributed by atoms with Crippen molar-refractivity contribution in [3.05, 3.63) is 131 Å². The molecule has 1 aliphatic heterocycles. The maximum atomic E-state index is 14.0. The zero-order valence-corrected chi connectivity index (χ0v) is 40.5. The van der Waals surface area contributed by atoms with E-state index in [1.807, 2.05) is 25.7 Å². The number of aldehydes is 1. The van der Waals surface area contributed by atoms with E-state index >= 15 is 0 Å². The van der Waals surface area contributed by atoms with E-state index in [1.54, 1.807) is 24.3 Å². The van der Waals surface area contributed by atoms with Crippen LogP contribution in [0.2, 0.25) is 18.1 Å². The van der Waals surface area contributed by atoms with Crippen molar-refractivity contribution in [2.75, 3.05) is 31.1 Å². The molecule has 3 atom stereocenters. The molecule has 59 heavy (non-hydrogen) atoms. The molecule has 4 aromatic rings. The van der Waals surface area contributed by atoms with Gasteiger partial charge in [0, 0.05) is 43.4 Å². The highest BCUT2D eigenvalue weighted by Crippen LogP contribution is 2.41. The molecule has 326 valence electrons. The summed E-state index contributed by atoms with van der Waals surface area (Å²) in [6.07, 6.45) is 1.27. The molecule has 3 N–H and O–H groups in total. The molecule has 0 bridgehead atoms. The van der Waals surface area contributed by atoms with Crippen LogP contribution in [0.4, 0.5) is 27.6 Å². The topological polar surface area (TPSA) is 82.0 Å². The van der Waals surface area contributed by atoms with Crippen molar-refractivity contribution in [1.29, 1.82) is 0 Å². The molecule has 1 fully saturated rings. The molecular weight excluding hydrogens is 983 g/mol. The first-order chi connectivity index (χ1) is 27.6. The van der Waals surface area contributed by atoms with Gasteiger partial charge in [0.25, 0.3) is 0 Å². The number of benzene rings is 4. The number of hydrogen-bond acceptors (Lipinski definition) is 6. The van der Waals surface area contributed by atoms with Crippen molar-refractivity contribution < 1.29 is 41.4 Å². The van der Waals surface area contributed by atoms with Gasteiger partial charge in [0.2, 0.25) is 0 Å². The molecule has 1 aliphatic rings. The molecule has 15 heteroatoms. The first-order valence-electron chi connectivity index (χ1n) is 19.4. The Morgan fingerprint density at radius 1 is 0.712 bits per heavy atom. The molecule has 0 saturated carbocycles. The Labute approximate surface area is 372 Å². The summed E-state index contributed by atoms with van der Waals surface area (Å²) in [4.78, 5) is 12.2. The lowest BCUT2D eigenvalue weighted by Crippen LogP contribution is -2.43. The first kappa shape index (κ1) is 52.6. The van der Waals surface area contributed by atoms with Gasteiger partial charge in [-0.1, -0.05) is 53.7 Å². The SMILES string of the molecule is CCC(O)c1ccc(F)c(Br)c1.CCC(O)c1ccc(F)c(N2CCNCC2)c1.CCC(O[Si](C)(C)C(C)(C)C)c1cc(Br)c(F)cc1F.O=Cc1ccc(F)c(Br)c1. The van der Waals surface area contributed by atoms with Gasteiger partial charge >= 0.3 is 0 Å². The van der Waals surface area contributed by atoms with E-state index in [0.717, 1.165) is 43.4 Å². The highest BCUT2D eigenvalue weighted by Gasteiger charge is 2.39. The third-order valence-electron chi connectivity index (χ3n) is 9.99. The fourth-order valence-corrected chi connectivity index (χ4v) is 7.86. The van der Waals surface area contributed by atoms with Crippen molar-refractivity contribution >= 4 is 68.1 Å². The summed E-state index contributed by atoms with van der Waals surface area (Å²) >= 11 is 9.12. The third kappa shape index (κ3) is 16.4. The summed E-state index contributed by atoms with van der Waals surface area (Å²) < 4.78 is 73.6. The largest absolute Gasteiger partial charge is 0.410 e. The average molecular weight is 1040 g/mol. The number of carbonyl (C=O) groups is 1. The number of hydrogen-bond donors (Lipinski definition) is 3. The quantitative estimate of drug-likeness (QED) is 0.0635. The minimum absolute atomic E-state index is 0.0498. The van der Waals surface area contributed by atoms with Crippen molar-refractivity contribution in [3.63, 3.8) is 0 Å². The molecule has 5 rings (SSSR count). The summed E-state index contributed by atoms with van der Waals surface area (Å²) in [6, 6.07) is 15.9. The van der Waals surface area contributed by atoms with E-state index in [-0.39, 0.29) is 33.1 Å². The van der Waals surface area contributed by atoms with Crippen LogP contribution in [0.5, 0.6) is 0 Å². The van der Waals surface area contributed by atoms with Gasteiger partial charge in [-0.15, -0.1) is 0 Å². The summed E-state index contributed by atoms with van der Waals surface area (Å²) in [5, 5.41) is 22.5. The van der Waals surface area contributed by atoms with E-state index in [1.165, 1.54) is 36.4 Å². The molecule has 1 heterocycles. The molecule has 6 nitrogen and oxygen atoms in total. The zero-order valence-electron chi connectivity index (χ0n) is 34.8. The Kier molecular flexibility index (Phi) is 22.1. The minimum atomic E-state index is -2.00. The van der Waals surface area contributed by atoms with Crippen molar-refractivity contribution in [1.82, 2.24) is 5.32 Å². The number of piperazine rings is 1. The summed E-state index contributed by atoms with van der Waals surface area (Å²) in [7, 11) is -2.00. The van der Waals surface area contributed by atoms with Crippen molar-refractivity contribution in [2.24, 2.45) is 0 Å². The Hall–Kier alpha value is -2.50. The fraction of sp³-hybridized carbons (Fsp3) is 0.432. The summed E-state index contributed by atoms with van der Waals surface area (Å²) in [5.41, 5.74) is 3.03. The van der Waals surface area contributed by atoms with Crippen LogP contribution in [0.1, 0.15) is 106 Å². The number of nitrogens with zero attached hydrogens (tertiary/aromatic N) is 1. The third-order valence-corrected chi connectivity index (χ3v) is 16.3. The molecule has 0 spiro atoms. The number of anilines is 1. The second-order valence-corrected chi connectivity index (χ2v) is 22.6. The minimum Gasteiger partial charge on any atom is -0.410 e. The molecule has 4 aromatic carbocycles. The van der Waals surface area contributed by atoms with E-state index in [2.05, 4.69) is 87.0 Å². The monoisotopic (exact) mass is 1040 g/mol. The van der Waals surface area contributed by atoms with Crippen LogP contribution < -0.4 is 10.2 Å². The smallest absolute Gasteiger partial charge is 0.192 e. The van der Waals surface area contributed by atoms with E-state index < -0.39 is 32.2 Å². The molecule has 0 amide bonds. The van der Waals surface area contributed by atoms with Gasteiger partial charge in [-0.05, 0) is 145 Å². The number of halogens is 8. The fourth-order valence-electron chi connectivity index (χ4n) is 5.35. The van der Waals surface area contributed by atoms with Gasteiger partial charge in [0.05, 0.1) is 37.4 Å². The van der Waals surface area contributed by atoms with Crippen LogP contribution in [0.3, 0.4) is 0 Å². The molecule has 3 unspecified atom stereocenters. The number of rotatable bonds is 10. The maximum absolute atomic E-state index is 14.0. The first-order valence-corrected chi connectivity index (χ1v) is 24.7. The van der Waals surface area contributed by atoms with Gasteiger partial charge in [-0.2, -0.15) is 0 Å². The Morgan fingerprint density at radius 2 is 1.20 bits per heavy atom. The standard InChI is InChI=1S/C15H23BrF2OSi.C13H19FN2O.C9H10BrFO.C7H4BrFO/c1-7-14(19-20(5,6)15(2,3)4)10-8-11(16)13(18)9-12(10)17;1-2-13(17)10-3-4-11(14)12(9-10)16-7-5-15-6-8-16;1-2-9(12)6-3-4-8(11)7(10)5-6;8-6-3-5(4-10)1-2-7(6)9/h8-9,14H,7H2,1-6H3;3-4,9,13,15,17H,2,5-8H2,1H3;3-5,9,12H,2H2,1H3;1-4H. The predicted molar refractivity (Wildman–Crippen MR) is 241 cm³/mol. The lowest BCUT2D eigenvalue weighted by Gasteiger charge is -2.39. The van der Waals surface area contributed by atoms with Crippen LogP contribution in [0.15, 0.2) is 80.1 Å². The maximum Gasteiger partial charge on any atom is 0.192 e. The highest BCUT2D eigenvalue weighted by atomic mass is 79.9. The lowest BCUT2D eigenvalue weighted by atomic mass is 10.1. The van der Waals surface area contributed by atoms with Crippen molar-refractivity contribution in [3.8, 4) is 0 Å². The van der Waals surface area contributed by atoms with Gasteiger partial charge < -0.3 is 24.9 Å². The lowest BCUT2D eigenvalue weighted by molar-refractivity contribution is 0.112. The van der Waals surface area contributed by atoms with Crippen LogP contribution in [0.25, 0.3) is 0 Å². The molecular formula is C44H56Br3F5N2O4Si. The second kappa shape index (κ2) is 24.8. The van der Waals surface area contributed by atoms with Crippen LogP contribution in [-0.4, -0.2) is 51.0 Å². The molecule has 1 saturated heterocycles. The van der Waals surface area contributed by atoms with Gasteiger partial charge in [-0.25, -0.2) is 22.0 Å². The number of carbonyl (C=O) groups excluding carboxylic acids is 1. The molecule has 0 radical (unpaired) electrons. The molecule has 0 aliphatic carbocycles. The van der Waals surface area contributed by atoms with Crippen LogP contribution >= 0.6 is 47.8 Å². The molecule has 0 aromatic heterocycles. The Balaban J connectivity index is 0.000000280. The Morgan fingerprint density at radius 3 is 1.68 bits per heavy atom.